The van der Waals surface area contributed by atoms with Gasteiger partial charge in [-0.15, -0.1) is 0 Å². The molecule has 182 valence electrons. The van der Waals surface area contributed by atoms with E-state index in [0.29, 0.717) is 25.7 Å². The van der Waals surface area contributed by atoms with Crippen LogP contribution in [-0.4, -0.2) is 60.1 Å². The number of benzene rings is 1. The lowest BCUT2D eigenvalue weighted by atomic mass is 10.1. The van der Waals surface area contributed by atoms with Crippen LogP contribution in [0.3, 0.4) is 0 Å². The third-order valence-electron chi connectivity index (χ3n) is 6.09. The van der Waals surface area contributed by atoms with Crippen LogP contribution in [-0.2, 0) is 12.7 Å². The Labute approximate surface area is 194 Å². The molecule has 0 aliphatic carbocycles. The Kier molecular flexibility index (Phi) is 6.75. The monoisotopic (exact) mass is 478 g/mol. The maximum absolute atomic E-state index is 12.9. The van der Waals surface area contributed by atoms with Gasteiger partial charge in [0.2, 0.25) is 0 Å². The molecule has 0 unspecified atom stereocenters. The van der Waals surface area contributed by atoms with Crippen molar-refractivity contribution in [2.45, 2.75) is 25.6 Å². The molecule has 12 heteroatoms. The fourth-order valence-electron chi connectivity index (χ4n) is 4.24. The van der Waals surface area contributed by atoms with Gasteiger partial charge < -0.3 is 20.0 Å². The van der Waals surface area contributed by atoms with Crippen molar-refractivity contribution >= 4 is 23.2 Å². The molecule has 34 heavy (non-hydrogen) atoms. The summed E-state index contributed by atoms with van der Waals surface area (Å²) >= 11 is 0. The molecule has 2 fully saturated rings. The number of nitrogens with one attached hydrogen (secondary N) is 1. The number of carbonyl (C=O) groups is 1. The minimum Gasteiger partial charge on any atom is -0.362 e. The molecule has 1 aromatic heterocycles. The van der Waals surface area contributed by atoms with Gasteiger partial charge in [-0.05, 0) is 42.7 Å². The number of nitro groups is 1. The third kappa shape index (κ3) is 5.32. The molecule has 2 aliphatic rings. The van der Waals surface area contributed by atoms with Gasteiger partial charge >= 0.3 is 12.2 Å². The summed E-state index contributed by atoms with van der Waals surface area (Å²) in [5.74, 6) is 0.899. The van der Waals surface area contributed by atoms with Crippen molar-refractivity contribution < 1.29 is 22.9 Å². The van der Waals surface area contributed by atoms with Gasteiger partial charge in [0, 0.05) is 58.1 Å². The lowest BCUT2D eigenvalue weighted by Gasteiger charge is -2.35. The zero-order valence-electron chi connectivity index (χ0n) is 18.4. The number of anilines is 2. The Bertz CT molecular complexity index is 1050. The van der Waals surface area contributed by atoms with Gasteiger partial charge in [0.1, 0.15) is 11.5 Å². The standard InChI is InChI=1S/C22H25F3N6O3/c23-22(24,25)17-3-4-18(19(14-17)31(33)34)28-9-11-30(12-10-28)21(32)27-15-16-5-6-26-20(13-16)29-7-1-2-8-29/h3-6,13-14H,1-2,7-12,15H2,(H,27,32). The summed E-state index contributed by atoms with van der Waals surface area (Å²) in [5.41, 5.74) is -0.613. The second-order valence-corrected chi connectivity index (χ2v) is 8.31. The average molecular weight is 478 g/mol. The molecule has 2 saturated heterocycles. The molecule has 4 rings (SSSR count). The number of rotatable bonds is 5. The number of piperazine rings is 1. The predicted octanol–water partition coefficient (Wildman–Crippen LogP) is 3.64. The molecule has 2 amide bonds. The number of aromatic nitrogens is 1. The van der Waals surface area contributed by atoms with Gasteiger partial charge in [-0.3, -0.25) is 10.1 Å². The molecule has 0 radical (unpaired) electrons. The molecule has 0 atom stereocenters. The first-order chi connectivity index (χ1) is 16.2. The molecule has 0 bridgehead atoms. The average Bonchev–Trinajstić information content (AvgIpc) is 3.37. The van der Waals surface area contributed by atoms with E-state index in [1.165, 1.54) is 0 Å². The second-order valence-electron chi connectivity index (χ2n) is 8.31. The number of urea groups is 1. The summed E-state index contributed by atoms with van der Waals surface area (Å²) in [6, 6.07) is 6.07. The Morgan fingerprint density at radius 1 is 1.03 bits per heavy atom. The lowest BCUT2D eigenvalue weighted by Crippen LogP contribution is -2.51. The summed E-state index contributed by atoms with van der Waals surface area (Å²) in [6.07, 6.45) is -0.649. The smallest absolute Gasteiger partial charge is 0.362 e. The van der Waals surface area contributed by atoms with Crippen LogP contribution >= 0.6 is 0 Å². The Morgan fingerprint density at radius 3 is 2.38 bits per heavy atom. The van der Waals surface area contributed by atoms with Crippen molar-refractivity contribution in [2.75, 3.05) is 49.1 Å². The molecule has 3 heterocycles. The molecule has 2 aliphatic heterocycles. The molecular formula is C22H25F3N6O3. The quantitative estimate of drug-likeness (QED) is 0.521. The zero-order valence-corrected chi connectivity index (χ0v) is 18.4. The van der Waals surface area contributed by atoms with Gasteiger partial charge in [0.15, 0.2) is 0 Å². The van der Waals surface area contributed by atoms with E-state index < -0.39 is 22.4 Å². The van der Waals surface area contributed by atoms with Crippen molar-refractivity contribution in [3.8, 4) is 0 Å². The number of alkyl halides is 3. The van der Waals surface area contributed by atoms with Crippen LogP contribution in [0.5, 0.6) is 0 Å². The van der Waals surface area contributed by atoms with Crippen molar-refractivity contribution in [3.63, 3.8) is 0 Å². The zero-order chi connectivity index (χ0) is 24.3. The molecular weight excluding hydrogens is 453 g/mol. The molecule has 2 aromatic rings. The largest absolute Gasteiger partial charge is 0.416 e. The van der Waals surface area contributed by atoms with E-state index in [0.717, 1.165) is 49.4 Å². The van der Waals surface area contributed by atoms with Crippen LogP contribution in [0, 0.1) is 10.1 Å². The van der Waals surface area contributed by atoms with Gasteiger partial charge in [-0.25, -0.2) is 9.78 Å². The fraction of sp³-hybridized carbons (Fsp3) is 0.455. The van der Waals surface area contributed by atoms with Gasteiger partial charge in [-0.2, -0.15) is 13.2 Å². The number of amides is 2. The topological polar surface area (TPSA) is 94.9 Å². The highest BCUT2D eigenvalue weighted by molar-refractivity contribution is 5.75. The van der Waals surface area contributed by atoms with Crippen molar-refractivity contribution in [3.05, 3.63) is 57.8 Å². The molecule has 0 spiro atoms. The first-order valence-electron chi connectivity index (χ1n) is 11.1. The van der Waals surface area contributed by atoms with Crippen LogP contribution in [0.25, 0.3) is 0 Å². The maximum atomic E-state index is 12.9. The van der Waals surface area contributed by atoms with Gasteiger partial charge in [0.05, 0.1) is 10.5 Å². The summed E-state index contributed by atoms with van der Waals surface area (Å²) in [5, 5.41) is 14.3. The lowest BCUT2D eigenvalue weighted by molar-refractivity contribution is -0.384. The first kappa shape index (κ1) is 23.6. The molecule has 1 aromatic carbocycles. The number of halogens is 3. The van der Waals surface area contributed by atoms with E-state index in [4.69, 9.17) is 0 Å². The van der Waals surface area contributed by atoms with E-state index in [2.05, 4.69) is 15.2 Å². The number of carbonyl (C=O) groups excluding carboxylic acids is 1. The number of nitrogens with zero attached hydrogens (tertiary/aromatic N) is 5. The second kappa shape index (κ2) is 9.74. The SMILES string of the molecule is O=C(NCc1ccnc(N2CCCC2)c1)N1CCN(c2ccc(C(F)(F)F)cc2[N+](=O)[O-])CC1. The van der Waals surface area contributed by atoms with Crippen LogP contribution in [0.15, 0.2) is 36.5 Å². The Hall–Kier alpha value is -3.57. The van der Waals surface area contributed by atoms with E-state index in [1.807, 2.05) is 12.1 Å². The first-order valence-corrected chi connectivity index (χ1v) is 11.1. The third-order valence-corrected chi connectivity index (χ3v) is 6.09. The number of hydrogen-bond acceptors (Lipinski definition) is 6. The predicted molar refractivity (Wildman–Crippen MR) is 120 cm³/mol. The summed E-state index contributed by atoms with van der Waals surface area (Å²) < 4.78 is 38.8. The van der Waals surface area contributed by atoms with Crippen LogP contribution in [0.2, 0.25) is 0 Å². The van der Waals surface area contributed by atoms with Gasteiger partial charge in [0.25, 0.3) is 5.69 Å². The number of hydrogen-bond donors (Lipinski definition) is 1. The molecule has 1 N–H and O–H groups in total. The maximum Gasteiger partial charge on any atom is 0.416 e. The van der Waals surface area contributed by atoms with E-state index in [1.54, 1.807) is 16.0 Å². The van der Waals surface area contributed by atoms with Crippen molar-refractivity contribution in [1.29, 1.82) is 0 Å². The summed E-state index contributed by atoms with van der Waals surface area (Å²) in [6.45, 7) is 3.42. The summed E-state index contributed by atoms with van der Waals surface area (Å²) in [4.78, 5) is 33.0. The minimum absolute atomic E-state index is 0.115. The van der Waals surface area contributed by atoms with Crippen LogP contribution in [0.4, 0.5) is 35.2 Å². The molecule has 9 nitrogen and oxygen atoms in total. The highest BCUT2D eigenvalue weighted by Gasteiger charge is 2.34. The van der Waals surface area contributed by atoms with Crippen LogP contribution < -0.4 is 15.1 Å². The number of nitro benzene ring substituents is 1. The normalized spacial score (nSPS) is 16.6. The molecule has 0 saturated carbocycles. The highest BCUT2D eigenvalue weighted by Crippen LogP contribution is 2.36. The fourth-order valence-corrected chi connectivity index (χ4v) is 4.24. The summed E-state index contributed by atoms with van der Waals surface area (Å²) in [7, 11) is 0. The van der Waals surface area contributed by atoms with Crippen molar-refractivity contribution in [2.24, 2.45) is 0 Å². The number of pyridine rings is 1. The highest BCUT2D eigenvalue weighted by atomic mass is 19.4. The van der Waals surface area contributed by atoms with Gasteiger partial charge in [-0.1, -0.05) is 0 Å². The minimum atomic E-state index is -4.66. The Morgan fingerprint density at radius 2 is 1.74 bits per heavy atom. The van der Waals surface area contributed by atoms with Crippen molar-refractivity contribution in [1.82, 2.24) is 15.2 Å². The van der Waals surface area contributed by atoms with E-state index in [-0.39, 0.29) is 24.8 Å². The van der Waals surface area contributed by atoms with E-state index in [9.17, 15) is 28.1 Å². The Balaban J connectivity index is 1.34. The van der Waals surface area contributed by atoms with Crippen LogP contribution in [0.1, 0.15) is 24.0 Å². The van der Waals surface area contributed by atoms with E-state index >= 15 is 0 Å².